The zero-order valence-corrected chi connectivity index (χ0v) is 9.25. The summed E-state index contributed by atoms with van der Waals surface area (Å²) in [5, 5.41) is 1.00. The van der Waals surface area contributed by atoms with Gasteiger partial charge in [-0.15, -0.1) is 0 Å². The Bertz CT molecular complexity index is 802. The van der Waals surface area contributed by atoms with Crippen molar-refractivity contribution in [1.82, 2.24) is 0 Å². The van der Waals surface area contributed by atoms with Crippen molar-refractivity contribution in [3.8, 4) is 5.75 Å². The number of hydrogen-bond donors (Lipinski definition) is 0. The van der Waals surface area contributed by atoms with E-state index in [0.717, 1.165) is 0 Å². The van der Waals surface area contributed by atoms with Gasteiger partial charge < -0.3 is 9.15 Å². The maximum atomic E-state index is 12.2. The lowest BCUT2D eigenvalue weighted by Gasteiger charge is -2.02. The number of rotatable bonds is 2. The van der Waals surface area contributed by atoms with E-state index in [4.69, 9.17) is 9.15 Å². The fourth-order valence-electron chi connectivity index (χ4n) is 1.91. The molecule has 0 aliphatic carbocycles. The summed E-state index contributed by atoms with van der Waals surface area (Å²) in [6, 6.07) is 11.7. The van der Waals surface area contributed by atoms with Crippen LogP contribution in [0.25, 0.3) is 21.9 Å². The fourth-order valence-corrected chi connectivity index (χ4v) is 1.91. The van der Waals surface area contributed by atoms with E-state index in [1.807, 2.05) is 0 Å². The maximum absolute atomic E-state index is 12.2. The van der Waals surface area contributed by atoms with Crippen molar-refractivity contribution in [3.63, 3.8) is 0 Å². The minimum absolute atomic E-state index is 0.0931. The number of benzene rings is 2. The maximum Gasteiger partial charge on any atom is 0.298 e. The van der Waals surface area contributed by atoms with E-state index in [-0.39, 0.29) is 5.43 Å². The first-order valence-electron chi connectivity index (χ1n) is 5.35. The minimum Gasteiger partial charge on any atom is -0.456 e. The molecule has 0 amide bonds. The van der Waals surface area contributed by atoms with Crippen molar-refractivity contribution in [2.75, 3.05) is 0 Å². The summed E-state index contributed by atoms with van der Waals surface area (Å²) in [7, 11) is 0. The Balaban J connectivity index is 2.40. The summed E-state index contributed by atoms with van der Waals surface area (Å²) in [5.74, 6) is 0.343. The van der Waals surface area contributed by atoms with Crippen molar-refractivity contribution in [2.45, 2.75) is 0 Å². The van der Waals surface area contributed by atoms with Crippen LogP contribution in [0.2, 0.25) is 0 Å². The second-order valence-corrected chi connectivity index (χ2v) is 3.80. The van der Waals surface area contributed by atoms with E-state index >= 15 is 0 Å². The van der Waals surface area contributed by atoms with Gasteiger partial charge in [-0.25, -0.2) is 0 Å². The van der Waals surface area contributed by atoms with Crippen LogP contribution in [0.1, 0.15) is 0 Å². The molecule has 1 heterocycles. The summed E-state index contributed by atoms with van der Waals surface area (Å²) in [4.78, 5) is 22.5. The Morgan fingerprint density at radius 3 is 2.61 bits per heavy atom. The number of fused-ring (bicyclic) bond motifs is 2. The van der Waals surface area contributed by atoms with Crippen LogP contribution in [-0.4, -0.2) is 6.47 Å². The van der Waals surface area contributed by atoms with E-state index in [1.54, 1.807) is 36.4 Å². The number of ether oxygens (including phenoxy) is 1. The van der Waals surface area contributed by atoms with E-state index in [0.29, 0.717) is 34.2 Å². The first-order chi connectivity index (χ1) is 8.79. The van der Waals surface area contributed by atoms with Gasteiger partial charge in [0, 0.05) is 6.07 Å². The average Bonchev–Trinajstić information content (AvgIpc) is 2.39. The lowest BCUT2D eigenvalue weighted by molar-refractivity contribution is -0.120. The molecule has 0 fully saturated rings. The zero-order valence-electron chi connectivity index (χ0n) is 9.25. The quantitative estimate of drug-likeness (QED) is 0.510. The smallest absolute Gasteiger partial charge is 0.298 e. The van der Waals surface area contributed by atoms with Crippen LogP contribution in [0, 0.1) is 0 Å². The van der Waals surface area contributed by atoms with Crippen molar-refractivity contribution in [2.24, 2.45) is 0 Å². The van der Waals surface area contributed by atoms with Crippen LogP contribution < -0.4 is 10.2 Å². The van der Waals surface area contributed by atoms with E-state index in [2.05, 4.69) is 0 Å². The highest BCUT2D eigenvalue weighted by atomic mass is 16.5. The van der Waals surface area contributed by atoms with Gasteiger partial charge in [-0.1, -0.05) is 12.1 Å². The van der Waals surface area contributed by atoms with Gasteiger partial charge in [-0.2, -0.15) is 0 Å². The molecule has 88 valence electrons. The van der Waals surface area contributed by atoms with Gasteiger partial charge in [0.2, 0.25) is 5.43 Å². The molecule has 0 bridgehead atoms. The van der Waals surface area contributed by atoms with Crippen molar-refractivity contribution in [1.29, 1.82) is 0 Å². The highest BCUT2D eigenvalue weighted by Gasteiger charge is 2.07. The predicted octanol–water partition coefficient (Wildman–Crippen LogP) is 2.48. The van der Waals surface area contributed by atoms with Gasteiger partial charge >= 0.3 is 0 Å². The molecule has 18 heavy (non-hydrogen) atoms. The van der Waals surface area contributed by atoms with Crippen LogP contribution in [0.5, 0.6) is 5.75 Å². The Kier molecular flexibility index (Phi) is 2.34. The number of carbonyl (C=O) groups excluding carboxylic acids is 1. The van der Waals surface area contributed by atoms with Gasteiger partial charge in [0.15, 0.2) is 0 Å². The van der Waals surface area contributed by atoms with Gasteiger partial charge in [0.1, 0.15) is 16.9 Å². The Hall–Kier alpha value is -2.62. The molecule has 0 atom stereocenters. The van der Waals surface area contributed by atoms with Gasteiger partial charge in [0.05, 0.1) is 10.8 Å². The number of hydrogen-bond acceptors (Lipinski definition) is 4. The highest BCUT2D eigenvalue weighted by molar-refractivity contribution is 5.90. The molecule has 0 N–H and O–H groups in total. The first kappa shape index (κ1) is 10.5. The third-order valence-corrected chi connectivity index (χ3v) is 2.73. The summed E-state index contributed by atoms with van der Waals surface area (Å²) in [5.41, 5.74) is 0.820. The van der Waals surface area contributed by atoms with Crippen LogP contribution in [-0.2, 0) is 4.79 Å². The zero-order chi connectivity index (χ0) is 12.5. The van der Waals surface area contributed by atoms with Gasteiger partial charge in [-0.05, 0) is 24.3 Å². The lowest BCUT2D eigenvalue weighted by atomic mass is 10.1. The van der Waals surface area contributed by atoms with Crippen LogP contribution in [0.3, 0.4) is 0 Å². The van der Waals surface area contributed by atoms with Crippen molar-refractivity contribution in [3.05, 3.63) is 52.7 Å². The monoisotopic (exact) mass is 240 g/mol. The average molecular weight is 240 g/mol. The first-order valence-corrected chi connectivity index (χ1v) is 5.35. The molecule has 0 aliphatic heterocycles. The van der Waals surface area contributed by atoms with Crippen LogP contribution >= 0.6 is 0 Å². The van der Waals surface area contributed by atoms with E-state index < -0.39 is 0 Å². The molecular formula is C14H8O4. The molecule has 3 aromatic rings. The summed E-state index contributed by atoms with van der Waals surface area (Å²) in [6.07, 6.45) is 0. The number of para-hydroxylation sites is 1. The van der Waals surface area contributed by atoms with Gasteiger partial charge in [0.25, 0.3) is 6.47 Å². The van der Waals surface area contributed by atoms with Gasteiger partial charge in [-0.3, -0.25) is 9.59 Å². The van der Waals surface area contributed by atoms with E-state index in [9.17, 15) is 9.59 Å². The molecule has 0 saturated heterocycles. The third kappa shape index (κ3) is 1.55. The molecule has 4 nitrogen and oxygen atoms in total. The molecule has 0 saturated carbocycles. The molecule has 0 aliphatic rings. The van der Waals surface area contributed by atoms with Crippen LogP contribution in [0.4, 0.5) is 0 Å². The summed E-state index contributed by atoms with van der Waals surface area (Å²) >= 11 is 0. The largest absolute Gasteiger partial charge is 0.456 e. The normalized spacial score (nSPS) is 10.7. The van der Waals surface area contributed by atoms with E-state index in [1.165, 1.54) is 6.07 Å². The molecule has 3 rings (SSSR count). The molecule has 0 unspecified atom stereocenters. The molecular weight excluding hydrogens is 232 g/mol. The Labute approximate surface area is 101 Å². The lowest BCUT2D eigenvalue weighted by Crippen LogP contribution is -2.02. The SMILES string of the molecule is O=COc1ccc2c(=O)c3ccccc3oc2c1. The highest BCUT2D eigenvalue weighted by Crippen LogP contribution is 2.22. The molecule has 2 aromatic carbocycles. The fraction of sp³-hybridized carbons (Fsp3) is 0. The second kappa shape index (κ2) is 4.00. The molecule has 0 spiro atoms. The van der Waals surface area contributed by atoms with Crippen molar-refractivity contribution < 1.29 is 13.9 Å². The van der Waals surface area contributed by atoms with Crippen LogP contribution in [0.15, 0.2) is 51.7 Å². The third-order valence-electron chi connectivity index (χ3n) is 2.73. The summed E-state index contributed by atoms with van der Waals surface area (Å²) in [6.45, 7) is 0.334. The number of carbonyl (C=O) groups is 1. The predicted molar refractivity (Wildman–Crippen MR) is 66.7 cm³/mol. The Morgan fingerprint density at radius 1 is 1.00 bits per heavy atom. The second-order valence-electron chi connectivity index (χ2n) is 3.80. The molecule has 1 aromatic heterocycles. The molecule has 4 heteroatoms. The summed E-state index contributed by atoms with van der Waals surface area (Å²) < 4.78 is 10.3. The Morgan fingerprint density at radius 2 is 1.78 bits per heavy atom. The topological polar surface area (TPSA) is 56.5 Å². The van der Waals surface area contributed by atoms with Crippen molar-refractivity contribution >= 4 is 28.4 Å². The standard InChI is InChI=1S/C14H8O4/c15-8-17-9-5-6-11-13(7-9)18-12-4-2-1-3-10(12)14(11)16/h1-8H. The minimum atomic E-state index is -0.0931. The molecule has 0 radical (unpaired) electrons.